The van der Waals surface area contributed by atoms with Crippen LogP contribution in [0.2, 0.25) is 0 Å². The highest BCUT2D eigenvalue weighted by Crippen LogP contribution is 2.30. The number of amides is 1. The summed E-state index contributed by atoms with van der Waals surface area (Å²) < 4.78 is 0. The van der Waals surface area contributed by atoms with Crippen molar-refractivity contribution in [3.8, 4) is 0 Å². The minimum absolute atomic E-state index is 0.176. The van der Waals surface area contributed by atoms with Gasteiger partial charge in [-0.1, -0.05) is 19.8 Å². The number of nitrogens with two attached hydrogens (primary N) is 1. The van der Waals surface area contributed by atoms with E-state index in [-0.39, 0.29) is 5.91 Å². The van der Waals surface area contributed by atoms with Gasteiger partial charge in [-0.25, -0.2) is 0 Å². The van der Waals surface area contributed by atoms with Crippen LogP contribution < -0.4 is 5.73 Å². The van der Waals surface area contributed by atoms with Gasteiger partial charge in [0, 0.05) is 26.2 Å². The summed E-state index contributed by atoms with van der Waals surface area (Å²) >= 11 is 0. The molecule has 2 fully saturated rings. The molecule has 4 nitrogen and oxygen atoms in total. The monoisotopic (exact) mass is 253 g/mol. The Morgan fingerprint density at radius 3 is 2.39 bits per heavy atom. The fraction of sp³-hybridized carbons (Fsp3) is 0.929. The van der Waals surface area contributed by atoms with Gasteiger partial charge < -0.3 is 15.5 Å². The van der Waals surface area contributed by atoms with Gasteiger partial charge >= 0.3 is 0 Å². The number of likely N-dealkylation sites (tertiary alicyclic amines) is 1. The fourth-order valence-electron chi connectivity index (χ4n) is 3.36. The number of carbonyl (C=O) groups is 1. The van der Waals surface area contributed by atoms with E-state index in [0.717, 1.165) is 58.2 Å². The number of nitrogens with zero attached hydrogens (tertiary/aromatic N) is 2. The standard InChI is InChI=1S/C14H27N3O/c1-3-17-10-6-12(7-11-17)16(2)13(18)14(15)8-4-5-9-14/h12H,3-11,15H2,1-2H3. The van der Waals surface area contributed by atoms with Crippen LogP contribution in [0.1, 0.15) is 45.4 Å². The van der Waals surface area contributed by atoms with Crippen LogP contribution in [0.3, 0.4) is 0 Å². The number of carbonyl (C=O) groups excluding carboxylic acids is 1. The average molecular weight is 253 g/mol. The highest BCUT2D eigenvalue weighted by atomic mass is 16.2. The van der Waals surface area contributed by atoms with E-state index in [0.29, 0.717) is 6.04 Å². The molecule has 1 aliphatic carbocycles. The Bertz CT molecular complexity index is 291. The largest absolute Gasteiger partial charge is 0.341 e. The van der Waals surface area contributed by atoms with Gasteiger partial charge in [0.25, 0.3) is 0 Å². The lowest BCUT2D eigenvalue weighted by atomic mass is 9.94. The number of piperidine rings is 1. The maximum absolute atomic E-state index is 12.5. The Kier molecular flexibility index (Phi) is 4.28. The molecule has 2 N–H and O–H groups in total. The van der Waals surface area contributed by atoms with Crippen molar-refractivity contribution in [3.05, 3.63) is 0 Å². The Labute approximate surface area is 110 Å². The van der Waals surface area contributed by atoms with Crippen LogP contribution in [0.25, 0.3) is 0 Å². The molecule has 0 bridgehead atoms. The van der Waals surface area contributed by atoms with Crippen LogP contribution in [0.4, 0.5) is 0 Å². The van der Waals surface area contributed by atoms with Crippen LogP contribution in [0.5, 0.6) is 0 Å². The first-order valence-corrected chi connectivity index (χ1v) is 7.35. The third-order valence-corrected chi connectivity index (χ3v) is 4.79. The van der Waals surface area contributed by atoms with Crippen molar-refractivity contribution in [2.45, 2.75) is 57.0 Å². The van der Waals surface area contributed by atoms with E-state index in [1.54, 1.807) is 0 Å². The molecule has 0 aromatic heterocycles. The summed E-state index contributed by atoms with van der Waals surface area (Å²) in [4.78, 5) is 16.9. The third kappa shape index (κ3) is 2.69. The van der Waals surface area contributed by atoms with Gasteiger partial charge in [0.15, 0.2) is 0 Å². The summed E-state index contributed by atoms with van der Waals surface area (Å²) in [6.07, 6.45) is 6.11. The van der Waals surface area contributed by atoms with Gasteiger partial charge in [0.1, 0.15) is 0 Å². The molecule has 2 aliphatic rings. The van der Waals surface area contributed by atoms with E-state index in [1.807, 2.05) is 11.9 Å². The first-order chi connectivity index (χ1) is 8.57. The number of hydrogen-bond acceptors (Lipinski definition) is 3. The second kappa shape index (κ2) is 5.57. The molecule has 2 rings (SSSR count). The Hall–Kier alpha value is -0.610. The van der Waals surface area contributed by atoms with E-state index in [2.05, 4.69) is 11.8 Å². The summed E-state index contributed by atoms with van der Waals surface area (Å²) in [6, 6.07) is 0.390. The highest BCUT2D eigenvalue weighted by molar-refractivity contribution is 5.86. The minimum Gasteiger partial charge on any atom is -0.341 e. The summed E-state index contributed by atoms with van der Waals surface area (Å²) in [5.41, 5.74) is 5.70. The topological polar surface area (TPSA) is 49.6 Å². The SMILES string of the molecule is CCN1CCC(N(C)C(=O)C2(N)CCCC2)CC1. The molecule has 18 heavy (non-hydrogen) atoms. The fourth-order valence-corrected chi connectivity index (χ4v) is 3.36. The number of rotatable bonds is 3. The Balaban J connectivity index is 1.91. The summed E-state index contributed by atoms with van der Waals surface area (Å²) in [5.74, 6) is 0.176. The van der Waals surface area contributed by atoms with Crippen LogP contribution in [0.15, 0.2) is 0 Å². The molecular formula is C14H27N3O. The molecule has 0 aromatic rings. The van der Waals surface area contributed by atoms with E-state index in [1.165, 1.54) is 0 Å². The Morgan fingerprint density at radius 2 is 1.89 bits per heavy atom. The molecule has 0 aromatic carbocycles. The van der Waals surface area contributed by atoms with Crippen molar-refractivity contribution in [1.82, 2.24) is 9.80 Å². The van der Waals surface area contributed by atoms with Crippen LogP contribution >= 0.6 is 0 Å². The van der Waals surface area contributed by atoms with Crippen LogP contribution in [-0.2, 0) is 4.79 Å². The van der Waals surface area contributed by atoms with Gasteiger partial charge in [-0.15, -0.1) is 0 Å². The average Bonchev–Trinajstić information content (AvgIpc) is 2.85. The van der Waals surface area contributed by atoms with Crippen LogP contribution in [-0.4, -0.2) is 54.0 Å². The molecule has 0 unspecified atom stereocenters. The van der Waals surface area contributed by atoms with Crippen molar-refractivity contribution in [2.24, 2.45) is 5.73 Å². The van der Waals surface area contributed by atoms with Gasteiger partial charge in [0.2, 0.25) is 5.91 Å². The second-order valence-electron chi connectivity index (χ2n) is 5.94. The minimum atomic E-state index is -0.559. The van der Waals surface area contributed by atoms with Crippen molar-refractivity contribution >= 4 is 5.91 Å². The highest BCUT2D eigenvalue weighted by Gasteiger charge is 2.40. The van der Waals surface area contributed by atoms with Crippen molar-refractivity contribution in [3.63, 3.8) is 0 Å². The molecule has 0 atom stereocenters. The molecule has 1 amide bonds. The number of likely N-dealkylation sites (N-methyl/N-ethyl adjacent to an activating group) is 1. The van der Waals surface area contributed by atoms with Crippen molar-refractivity contribution < 1.29 is 4.79 Å². The maximum Gasteiger partial charge on any atom is 0.242 e. The molecule has 1 saturated carbocycles. The maximum atomic E-state index is 12.5. The van der Waals surface area contributed by atoms with E-state index < -0.39 is 5.54 Å². The number of hydrogen-bond donors (Lipinski definition) is 1. The molecule has 1 aliphatic heterocycles. The van der Waals surface area contributed by atoms with Gasteiger partial charge in [-0.05, 0) is 32.2 Å². The molecule has 0 spiro atoms. The van der Waals surface area contributed by atoms with Crippen molar-refractivity contribution in [1.29, 1.82) is 0 Å². The lowest BCUT2D eigenvalue weighted by molar-refractivity contribution is -0.138. The summed E-state index contributed by atoms with van der Waals surface area (Å²) in [6.45, 7) is 5.53. The molecule has 104 valence electrons. The lowest BCUT2D eigenvalue weighted by Crippen LogP contribution is -2.56. The molecule has 4 heteroatoms. The van der Waals surface area contributed by atoms with Crippen molar-refractivity contribution in [2.75, 3.05) is 26.7 Å². The zero-order valence-electron chi connectivity index (χ0n) is 11.8. The van der Waals surface area contributed by atoms with Gasteiger partial charge in [-0.2, -0.15) is 0 Å². The molecular weight excluding hydrogens is 226 g/mol. The molecule has 0 radical (unpaired) electrons. The summed E-state index contributed by atoms with van der Waals surface area (Å²) in [7, 11) is 1.95. The summed E-state index contributed by atoms with van der Waals surface area (Å²) in [5, 5.41) is 0. The molecule has 1 heterocycles. The quantitative estimate of drug-likeness (QED) is 0.822. The van der Waals surface area contributed by atoms with E-state index in [9.17, 15) is 4.79 Å². The first-order valence-electron chi connectivity index (χ1n) is 7.35. The normalized spacial score (nSPS) is 25.3. The van der Waals surface area contributed by atoms with Gasteiger partial charge in [0.05, 0.1) is 5.54 Å². The van der Waals surface area contributed by atoms with E-state index >= 15 is 0 Å². The zero-order valence-corrected chi connectivity index (χ0v) is 11.8. The lowest BCUT2D eigenvalue weighted by Gasteiger charge is -2.39. The predicted molar refractivity (Wildman–Crippen MR) is 73.3 cm³/mol. The zero-order chi connectivity index (χ0) is 13.2. The smallest absolute Gasteiger partial charge is 0.242 e. The van der Waals surface area contributed by atoms with Crippen LogP contribution in [0, 0.1) is 0 Å². The predicted octanol–water partition coefficient (Wildman–Crippen LogP) is 1.20. The first kappa shape index (κ1) is 13.8. The third-order valence-electron chi connectivity index (χ3n) is 4.79. The second-order valence-corrected chi connectivity index (χ2v) is 5.94. The van der Waals surface area contributed by atoms with Gasteiger partial charge in [-0.3, -0.25) is 4.79 Å². The van der Waals surface area contributed by atoms with E-state index in [4.69, 9.17) is 5.73 Å². The Morgan fingerprint density at radius 1 is 1.33 bits per heavy atom. The molecule has 1 saturated heterocycles.